The molecule has 0 amide bonds. The minimum absolute atomic E-state index is 0.167. The molecule has 1 unspecified atom stereocenters. The Morgan fingerprint density at radius 1 is 1.16 bits per heavy atom. The predicted octanol–water partition coefficient (Wildman–Crippen LogP) is 3.77. The molecule has 1 aliphatic carbocycles. The van der Waals surface area contributed by atoms with E-state index in [2.05, 4.69) is 0 Å². The van der Waals surface area contributed by atoms with E-state index in [-0.39, 0.29) is 5.52 Å². The van der Waals surface area contributed by atoms with Crippen LogP contribution in [0.2, 0.25) is 0 Å². The molecule has 3 nitrogen and oxygen atoms in total. The third-order valence-corrected chi connectivity index (χ3v) is 5.07. The minimum atomic E-state index is 0.167. The summed E-state index contributed by atoms with van der Waals surface area (Å²) in [5, 5.41) is 0. The number of ether oxygens (including phenoxy) is 2. The van der Waals surface area contributed by atoms with Gasteiger partial charge < -0.3 is 9.47 Å². The van der Waals surface area contributed by atoms with E-state index in [0.717, 1.165) is 5.56 Å². The largest absolute Gasteiger partial charge is 0.496 e. The van der Waals surface area contributed by atoms with Gasteiger partial charge in [0.2, 0.25) is 0 Å². The van der Waals surface area contributed by atoms with Crippen LogP contribution in [-0.4, -0.2) is 25.4 Å². The summed E-state index contributed by atoms with van der Waals surface area (Å²) in [5.41, 5.74) is 2.37. The van der Waals surface area contributed by atoms with Gasteiger partial charge in [0.15, 0.2) is 5.52 Å². The molecule has 1 saturated carbocycles. The van der Waals surface area contributed by atoms with Crippen LogP contribution in [0.5, 0.6) is 11.5 Å². The van der Waals surface area contributed by atoms with Crippen molar-refractivity contribution < 1.29 is 14.3 Å². The molecular weight excluding hydrogens is 259 g/mol. The van der Waals surface area contributed by atoms with Crippen LogP contribution in [0.4, 0.5) is 0 Å². The first kappa shape index (κ1) is 14.3. The van der Waals surface area contributed by atoms with Crippen molar-refractivity contribution >= 4 is 14.1 Å². The highest BCUT2D eigenvalue weighted by molar-refractivity contribution is 7.59. The second-order valence-corrected chi connectivity index (χ2v) is 6.56. The lowest BCUT2D eigenvalue weighted by atomic mass is 10.1. The minimum Gasteiger partial charge on any atom is -0.496 e. The Morgan fingerprint density at radius 2 is 1.68 bits per heavy atom. The predicted molar refractivity (Wildman–Crippen MR) is 79.2 cm³/mol. The van der Waals surface area contributed by atoms with Gasteiger partial charge >= 0.3 is 0 Å². The number of aryl methyl sites for hydroxylation is 1. The molecule has 19 heavy (non-hydrogen) atoms. The first-order valence-electron chi connectivity index (χ1n) is 6.69. The second-order valence-electron chi connectivity index (χ2n) is 5.00. The average molecular weight is 280 g/mol. The summed E-state index contributed by atoms with van der Waals surface area (Å²) >= 11 is 0. The topological polar surface area (TPSA) is 35.5 Å². The molecule has 0 radical (unpaired) electrons. The molecule has 0 heterocycles. The molecule has 0 N–H and O–H groups in total. The van der Waals surface area contributed by atoms with E-state index in [1.54, 1.807) is 14.2 Å². The van der Waals surface area contributed by atoms with Gasteiger partial charge in [0.1, 0.15) is 17.1 Å². The molecule has 0 bridgehead atoms. The SMILES string of the molecule is COc1cc(C)cc(OC)c1C(=O)PC1CCCC1. The fraction of sp³-hybridized carbons (Fsp3) is 0.533. The zero-order valence-electron chi connectivity index (χ0n) is 11.8. The summed E-state index contributed by atoms with van der Waals surface area (Å²) in [7, 11) is 3.54. The van der Waals surface area contributed by atoms with Crippen LogP contribution in [0.15, 0.2) is 12.1 Å². The Balaban J connectivity index is 2.28. The molecule has 1 aromatic carbocycles. The Kier molecular flexibility index (Phi) is 4.81. The van der Waals surface area contributed by atoms with E-state index in [1.807, 2.05) is 19.1 Å². The highest BCUT2D eigenvalue weighted by atomic mass is 31.1. The molecule has 0 spiro atoms. The van der Waals surface area contributed by atoms with Gasteiger partial charge in [-0.2, -0.15) is 0 Å². The summed E-state index contributed by atoms with van der Waals surface area (Å²) in [4.78, 5) is 12.5. The van der Waals surface area contributed by atoms with Gasteiger partial charge in [-0.3, -0.25) is 4.79 Å². The standard InChI is InChI=1S/C15H21O3P/c1-10-8-12(17-2)14(13(9-10)18-3)15(16)19-11-6-4-5-7-11/h8-9,11,19H,4-7H2,1-3H3. The van der Waals surface area contributed by atoms with Gasteiger partial charge in [0.25, 0.3) is 0 Å². The van der Waals surface area contributed by atoms with Gasteiger partial charge in [-0.25, -0.2) is 0 Å². The monoisotopic (exact) mass is 280 g/mol. The van der Waals surface area contributed by atoms with Crippen LogP contribution in [-0.2, 0) is 0 Å². The lowest BCUT2D eigenvalue weighted by Gasteiger charge is -2.15. The molecule has 1 aliphatic rings. The molecule has 1 atom stereocenters. The van der Waals surface area contributed by atoms with Crippen LogP contribution in [0.1, 0.15) is 41.6 Å². The highest BCUT2D eigenvalue weighted by Gasteiger charge is 2.24. The van der Waals surface area contributed by atoms with Gasteiger partial charge in [-0.15, -0.1) is 0 Å². The van der Waals surface area contributed by atoms with Gasteiger partial charge in [-0.1, -0.05) is 12.8 Å². The maximum Gasteiger partial charge on any atom is 0.188 e. The zero-order valence-corrected chi connectivity index (χ0v) is 12.8. The second kappa shape index (κ2) is 6.38. The number of hydrogen-bond donors (Lipinski definition) is 0. The van der Waals surface area contributed by atoms with Crippen molar-refractivity contribution in [2.24, 2.45) is 0 Å². The van der Waals surface area contributed by atoms with E-state index in [0.29, 0.717) is 31.3 Å². The van der Waals surface area contributed by atoms with Crippen molar-refractivity contribution in [2.75, 3.05) is 14.2 Å². The van der Waals surface area contributed by atoms with Gasteiger partial charge in [0, 0.05) is 0 Å². The number of carbonyl (C=O) groups excluding carboxylic acids is 1. The lowest BCUT2D eigenvalue weighted by molar-refractivity contribution is 0.107. The Bertz CT molecular complexity index is 439. The fourth-order valence-corrected chi connectivity index (χ4v) is 4.05. The van der Waals surface area contributed by atoms with Crippen LogP contribution < -0.4 is 9.47 Å². The number of methoxy groups -OCH3 is 2. The summed E-state index contributed by atoms with van der Waals surface area (Å²) in [5.74, 6) is 1.26. The van der Waals surface area contributed by atoms with E-state index >= 15 is 0 Å². The number of hydrogen-bond acceptors (Lipinski definition) is 3. The maximum atomic E-state index is 12.5. The van der Waals surface area contributed by atoms with Crippen molar-refractivity contribution in [1.29, 1.82) is 0 Å². The number of carbonyl (C=O) groups is 1. The molecule has 4 heteroatoms. The van der Waals surface area contributed by atoms with Gasteiger partial charge in [0.05, 0.1) is 14.2 Å². The van der Waals surface area contributed by atoms with E-state index < -0.39 is 0 Å². The van der Waals surface area contributed by atoms with E-state index in [4.69, 9.17) is 9.47 Å². The highest BCUT2D eigenvalue weighted by Crippen LogP contribution is 2.41. The molecule has 0 saturated heterocycles. The fourth-order valence-electron chi connectivity index (χ4n) is 2.59. The molecule has 1 aromatic rings. The number of benzene rings is 1. The Morgan fingerprint density at radius 3 is 2.16 bits per heavy atom. The molecule has 104 valence electrons. The van der Waals surface area contributed by atoms with Crippen molar-refractivity contribution in [2.45, 2.75) is 38.3 Å². The van der Waals surface area contributed by atoms with E-state index in [9.17, 15) is 4.79 Å². The first-order chi connectivity index (χ1) is 9.15. The zero-order chi connectivity index (χ0) is 13.8. The third kappa shape index (κ3) is 3.27. The van der Waals surface area contributed by atoms with Crippen LogP contribution in [0, 0.1) is 6.92 Å². The summed E-state index contributed by atoms with van der Waals surface area (Å²) in [6.45, 7) is 1.97. The summed E-state index contributed by atoms with van der Waals surface area (Å²) in [6.07, 6.45) is 4.88. The van der Waals surface area contributed by atoms with Crippen LogP contribution >= 0.6 is 8.58 Å². The third-order valence-electron chi connectivity index (χ3n) is 3.57. The number of rotatable bonds is 5. The van der Waals surface area contributed by atoms with Crippen molar-refractivity contribution in [3.8, 4) is 11.5 Å². The van der Waals surface area contributed by atoms with Crippen LogP contribution in [0.3, 0.4) is 0 Å². The van der Waals surface area contributed by atoms with E-state index in [1.165, 1.54) is 25.7 Å². The van der Waals surface area contributed by atoms with Gasteiger partial charge in [-0.05, 0) is 51.7 Å². The molecular formula is C15H21O3P. The Labute approximate surface area is 116 Å². The van der Waals surface area contributed by atoms with Crippen molar-refractivity contribution in [1.82, 2.24) is 0 Å². The molecule has 2 rings (SSSR count). The quantitative estimate of drug-likeness (QED) is 0.770. The summed E-state index contributed by atoms with van der Waals surface area (Å²) < 4.78 is 10.7. The van der Waals surface area contributed by atoms with Crippen molar-refractivity contribution in [3.63, 3.8) is 0 Å². The maximum absolute atomic E-state index is 12.5. The van der Waals surface area contributed by atoms with Crippen molar-refractivity contribution in [3.05, 3.63) is 23.3 Å². The first-order valence-corrected chi connectivity index (χ1v) is 7.77. The smallest absolute Gasteiger partial charge is 0.188 e. The Hall–Kier alpha value is -1.08. The van der Waals surface area contributed by atoms with Crippen LogP contribution in [0.25, 0.3) is 0 Å². The lowest BCUT2D eigenvalue weighted by Crippen LogP contribution is -2.05. The molecule has 0 aromatic heterocycles. The molecule has 1 fully saturated rings. The molecule has 0 aliphatic heterocycles. The normalized spacial score (nSPS) is 16.2. The summed E-state index contributed by atoms with van der Waals surface area (Å²) in [6, 6.07) is 3.80. The average Bonchev–Trinajstić information content (AvgIpc) is 2.90.